The molecule has 0 aromatic heterocycles. The van der Waals surface area contributed by atoms with E-state index in [0.29, 0.717) is 0 Å². The van der Waals surface area contributed by atoms with Gasteiger partial charge in [0.15, 0.2) is 0 Å². The third-order valence-corrected chi connectivity index (χ3v) is 3.48. The first-order chi connectivity index (χ1) is 6.79. The molecule has 0 radical (unpaired) electrons. The van der Waals surface area contributed by atoms with Gasteiger partial charge in [-0.3, -0.25) is 0 Å². The number of hydrogen-bond acceptors (Lipinski definition) is 0. The standard InChI is InChI=1S/C12H15BrCl2/c1-12(2,3)7-10(13)9-6-8(14)4-5-11(9)15/h4-6,10H,7H2,1-3H3. The Morgan fingerprint density at radius 2 is 1.87 bits per heavy atom. The molecule has 1 aromatic carbocycles. The zero-order valence-electron chi connectivity index (χ0n) is 9.15. The molecule has 0 fully saturated rings. The van der Waals surface area contributed by atoms with Crippen molar-refractivity contribution < 1.29 is 0 Å². The van der Waals surface area contributed by atoms with E-state index in [1.165, 1.54) is 0 Å². The second kappa shape index (κ2) is 5.07. The van der Waals surface area contributed by atoms with Crippen molar-refractivity contribution in [1.29, 1.82) is 0 Å². The zero-order chi connectivity index (χ0) is 11.6. The van der Waals surface area contributed by atoms with Gasteiger partial charge >= 0.3 is 0 Å². The molecule has 84 valence electrons. The summed E-state index contributed by atoms with van der Waals surface area (Å²) in [5, 5.41) is 1.50. The summed E-state index contributed by atoms with van der Waals surface area (Å²) in [4.78, 5) is 0.253. The SMILES string of the molecule is CC(C)(C)CC(Br)c1cc(Cl)ccc1Cl. The molecule has 0 bridgehead atoms. The van der Waals surface area contributed by atoms with Crippen LogP contribution >= 0.6 is 39.1 Å². The number of halogens is 3. The van der Waals surface area contributed by atoms with Gasteiger partial charge in [0.25, 0.3) is 0 Å². The highest BCUT2D eigenvalue weighted by molar-refractivity contribution is 9.09. The van der Waals surface area contributed by atoms with Crippen molar-refractivity contribution in [2.24, 2.45) is 5.41 Å². The molecule has 0 N–H and O–H groups in total. The van der Waals surface area contributed by atoms with Crippen LogP contribution in [0.25, 0.3) is 0 Å². The summed E-state index contributed by atoms with van der Waals surface area (Å²) >= 11 is 15.7. The summed E-state index contributed by atoms with van der Waals surface area (Å²) in [6.45, 7) is 6.62. The maximum atomic E-state index is 6.13. The maximum Gasteiger partial charge on any atom is 0.0450 e. The Hall–Kier alpha value is 0.280. The average Bonchev–Trinajstić information content (AvgIpc) is 2.06. The minimum Gasteiger partial charge on any atom is -0.0843 e. The Labute approximate surface area is 110 Å². The van der Waals surface area contributed by atoms with Crippen LogP contribution in [0.15, 0.2) is 18.2 Å². The lowest BCUT2D eigenvalue weighted by Gasteiger charge is -2.23. The summed E-state index contributed by atoms with van der Waals surface area (Å²) in [6, 6.07) is 5.58. The van der Waals surface area contributed by atoms with Crippen molar-refractivity contribution in [2.75, 3.05) is 0 Å². The molecule has 1 unspecified atom stereocenters. The van der Waals surface area contributed by atoms with Gasteiger partial charge in [-0.15, -0.1) is 0 Å². The maximum absolute atomic E-state index is 6.13. The lowest BCUT2D eigenvalue weighted by atomic mass is 9.88. The molecule has 1 rings (SSSR count). The highest BCUT2D eigenvalue weighted by Gasteiger charge is 2.19. The summed E-state index contributed by atoms with van der Waals surface area (Å²) in [7, 11) is 0. The van der Waals surface area contributed by atoms with Crippen molar-refractivity contribution in [2.45, 2.75) is 32.0 Å². The van der Waals surface area contributed by atoms with E-state index in [2.05, 4.69) is 36.7 Å². The van der Waals surface area contributed by atoms with Crippen molar-refractivity contribution in [3.63, 3.8) is 0 Å². The second-order valence-electron chi connectivity index (χ2n) is 4.90. The minimum absolute atomic E-state index is 0.253. The summed E-state index contributed by atoms with van der Waals surface area (Å²) in [6.07, 6.45) is 1.02. The first-order valence-electron chi connectivity index (χ1n) is 4.88. The van der Waals surface area contributed by atoms with Crippen LogP contribution in [0.4, 0.5) is 0 Å². The molecule has 1 atom stereocenters. The average molecular weight is 310 g/mol. The normalized spacial score (nSPS) is 14.0. The van der Waals surface area contributed by atoms with Crippen LogP contribution in [0.1, 0.15) is 37.6 Å². The Bertz CT molecular complexity index is 342. The molecule has 0 aliphatic rings. The first-order valence-corrected chi connectivity index (χ1v) is 6.56. The van der Waals surface area contributed by atoms with Gasteiger partial charge in [-0.2, -0.15) is 0 Å². The van der Waals surface area contributed by atoms with Gasteiger partial charge in [0.2, 0.25) is 0 Å². The molecule has 3 heteroatoms. The molecule has 0 saturated heterocycles. The zero-order valence-corrected chi connectivity index (χ0v) is 12.2. The number of hydrogen-bond donors (Lipinski definition) is 0. The fourth-order valence-corrected chi connectivity index (χ4v) is 3.31. The topological polar surface area (TPSA) is 0 Å². The van der Waals surface area contributed by atoms with E-state index in [0.717, 1.165) is 22.0 Å². The monoisotopic (exact) mass is 308 g/mol. The van der Waals surface area contributed by atoms with Gasteiger partial charge in [-0.25, -0.2) is 0 Å². The molecule has 15 heavy (non-hydrogen) atoms. The van der Waals surface area contributed by atoms with Crippen LogP contribution in [-0.2, 0) is 0 Å². The quantitative estimate of drug-likeness (QED) is 0.600. The fourth-order valence-electron chi connectivity index (χ4n) is 1.40. The Morgan fingerprint density at radius 3 is 2.40 bits per heavy atom. The third-order valence-electron chi connectivity index (χ3n) is 2.09. The highest BCUT2D eigenvalue weighted by Crippen LogP contribution is 2.39. The Morgan fingerprint density at radius 1 is 1.27 bits per heavy atom. The molecule has 0 spiro atoms. The lowest BCUT2D eigenvalue weighted by Crippen LogP contribution is -2.08. The summed E-state index contributed by atoms with van der Waals surface area (Å²) in [5.74, 6) is 0. The van der Waals surface area contributed by atoms with Gasteiger partial charge in [-0.05, 0) is 35.6 Å². The smallest absolute Gasteiger partial charge is 0.0450 e. The number of alkyl halides is 1. The highest BCUT2D eigenvalue weighted by atomic mass is 79.9. The summed E-state index contributed by atoms with van der Waals surface area (Å²) in [5.41, 5.74) is 1.33. The van der Waals surface area contributed by atoms with E-state index in [-0.39, 0.29) is 10.2 Å². The molecule has 0 amide bonds. The van der Waals surface area contributed by atoms with Gasteiger partial charge in [0, 0.05) is 14.9 Å². The second-order valence-corrected chi connectivity index (χ2v) is 6.85. The molecular formula is C12H15BrCl2. The molecular weight excluding hydrogens is 295 g/mol. The minimum atomic E-state index is 0.253. The van der Waals surface area contributed by atoms with Crippen LogP contribution < -0.4 is 0 Å². The van der Waals surface area contributed by atoms with E-state index in [9.17, 15) is 0 Å². The largest absolute Gasteiger partial charge is 0.0843 e. The number of rotatable bonds is 2. The molecule has 0 aliphatic heterocycles. The first kappa shape index (κ1) is 13.3. The van der Waals surface area contributed by atoms with Crippen LogP contribution in [0.5, 0.6) is 0 Å². The van der Waals surface area contributed by atoms with E-state index >= 15 is 0 Å². The predicted molar refractivity (Wildman–Crippen MR) is 72.2 cm³/mol. The van der Waals surface area contributed by atoms with Crippen molar-refractivity contribution in [3.05, 3.63) is 33.8 Å². The fraction of sp³-hybridized carbons (Fsp3) is 0.500. The molecule has 1 aromatic rings. The van der Waals surface area contributed by atoms with Crippen LogP contribution in [-0.4, -0.2) is 0 Å². The van der Waals surface area contributed by atoms with Gasteiger partial charge in [0.1, 0.15) is 0 Å². The van der Waals surface area contributed by atoms with E-state index in [1.807, 2.05) is 18.2 Å². The molecule has 0 aliphatic carbocycles. The predicted octanol–water partition coefficient (Wildman–Crippen LogP) is 5.87. The molecule has 0 saturated carbocycles. The van der Waals surface area contributed by atoms with Crippen LogP contribution in [0.3, 0.4) is 0 Å². The number of benzene rings is 1. The van der Waals surface area contributed by atoms with E-state index < -0.39 is 0 Å². The Kier molecular flexibility index (Phi) is 4.51. The van der Waals surface area contributed by atoms with Crippen LogP contribution in [0, 0.1) is 5.41 Å². The van der Waals surface area contributed by atoms with Gasteiger partial charge in [0.05, 0.1) is 0 Å². The molecule has 0 nitrogen and oxygen atoms in total. The van der Waals surface area contributed by atoms with Crippen molar-refractivity contribution >= 4 is 39.1 Å². The van der Waals surface area contributed by atoms with E-state index in [1.54, 1.807) is 0 Å². The van der Waals surface area contributed by atoms with Gasteiger partial charge in [-0.1, -0.05) is 59.9 Å². The van der Waals surface area contributed by atoms with Crippen molar-refractivity contribution in [3.8, 4) is 0 Å². The van der Waals surface area contributed by atoms with Crippen LogP contribution in [0.2, 0.25) is 10.0 Å². The molecule has 0 heterocycles. The summed E-state index contributed by atoms with van der Waals surface area (Å²) < 4.78 is 0. The lowest BCUT2D eigenvalue weighted by molar-refractivity contribution is 0.377. The third kappa shape index (κ3) is 4.34. The van der Waals surface area contributed by atoms with Gasteiger partial charge < -0.3 is 0 Å². The Balaban J connectivity index is 2.90. The van der Waals surface area contributed by atoms with E-state index in [4.69, 9.17) is 23.2 Å². The van der Waals surface area contributed by atoms with Crippen molar-refractivity contribution in [1.82, 2.24) is 0 Å².